The molecule has 0 atom stereocenters. The molecule has 0 fully saturated rings. The van der Waals surface area contributed by atoms with E-state index in [1.807, 2.05) is 36.5 Å². The number of hydrogen-bond acceptors (Lipinski definition) is 4. The third-order valence-electron chi connectivity index (χ3n) is 4.59. The van der Waals surface area contributed by atoms with Gasteiger partial charge in [-0.15, -0.1) is 0 Å². The van der Waals surface area contributed by atoms with Gasteiger partial charge in [-0.3, -0.25) is 5.10 Å². The first kappa shape index (κ1) is 17.1. The number of phenols is 1. The number of aromatic hydroxyl groups is 1. The van der Waals surface area contributed by atoms with Gasteiger partial charge in [0, 0.05) is 18.1 Å². The van der Waals surface area contributed by atoms with E-state index in [0.717, 1.165) is 45.4 Å². The van der Waals surface area contributed by atoms with Crippen LogP contribution in [-0.4, -0.2) is 31.8 Å². The minimum atomic E-state index is 0.290. The van der Waals surface area contributed by atoms with E-state index >= 15 is 0 Å². The van der Waals surface area contributed by atoms with Crippen molar-refractivity contribution in [2.24, 2.45) is 5.73 Å². The summed E-state index contributed by atoms with van der Waals surface area (Å²) in [4.78, 5) is 7.72. The van der Waals surface area contributed by atoms with Gasteiger partial charge in [-0.2, -0.15) is 5.10 Å². The molecule has 0 unspecified atom stereocenters. The standard InChI is InChI=1S/C21H21N5O/c1-2-13-10-16(27)6-8-17(13)14-5-7-18-19(11-14)25-26-20(18)21-23-12-15(24-21)4-3-9-22/h3-8,10-12,27H,2,9,22H2,1H3,(H,23,24)(H,25,26)/b4-3+. The molecule has 6 nitrogen and oxygen atoms in total. The molecule has 5 N–H and O–H groups in total. The second-order valence-corrected chi connectivity index (χ2v) is 6.34. The highest BCUT2D eigenvalue weighted by Gasteiger charge is 2.13. The first-order valence-electron chi connectivity index (χ1n) is 8.92. The van der Waals surface area contributed by atoms with Crippen molar-refractivity contribution in [2.45, 2.75) is 13.3 Å². The van der Waals surface area contributed by atoms with Crippen LogP contribution in [0.2, 0.25) is 0 Å². The summed E-state index contributed by atoms with van der Waals surface area (Å²) < 4.78 is 0. The lowest BCUT2D eigenvalue weighted by molar-refractivity contribution is 0.474. The largest absolute Gasteiger partial charge is 0.508 e. The Bertz CT molecular complexity index is 1120. The highest BCUT2D eigenvalue weighted by atomic mass is 16.3. The first-order valence-corrected chi connectivity index (χ1v) is 8.92. The van der Waals surface area contributed by atoms with E-state index in [4.69, 9.17) is 5.73 Å². The van der Waals surface area contributed by atoms with Gasteiger partial charge in [-0.25, -0.2) is 4.98 Å². The highest BCUT2D eigenvalue weighted by molar-refractivity contribution is 5.94. The molecule has 0 spiro atoms. The monoisotopic (exact) mass is 359 g/mol. The zero-order valence-electron chi connectivity index (χ0n) is 15.0. The molecule has 0 aliphatic rings. The Hall–Kier alpha value is -3.38. The van der Waals surface area contributed by atoms with Crippen molar-refractivity contribution in [3.05, 3.63) is 59.9 Å². The van der Waals surface area contributed by atoms with Crippen LogP contribution in [-0.2, 0) is 6.42 Å². The van der Waals surface area contributed by atoms with Crippen molar-refractivity contribution in [3.8, 4) is 28.4 Å². The number of nitrogens with one attached hydrogen (secondary N) is 2. The summed E-state index contributed by atoms with van der Waals surface area (Å²) in [6.07, 6.45) is 6.42. The lowest BCUT2D eigenvalue weighted by atomic mass is 9.97. The Kier molecular flexibility index (Phi) is 4.48. The van der Waals surface area contributed by atoms with Gasteiger partial charge in [0.25, 0.3) is 0 Å². The molecular formula is C21H21N5O. The average molecular weight is 359 g/mol. The minimum Gasteiger partial charge on any atom is -0.508 e. The summed E-state index contributed by atoms with van der Waals surface area (Å²) in [7, 11) is 0. The predicted molar refractivity (Wildman–Crippen MR) is 108 cm³/mol. The van der Waals surface area contributed by atoms with E-state index in [9.17, 15) is 5.11 Å². The van der Waals surface area contributed by atoms with E-state index in [0.29, 0.717) is 12.4 Å². The number of nitrogens with two attached hydrogens (primary N) is 1. The first-order chi connectivity index (χ1) is 13.2. The van der Waals surface area contributed by atoms with E-state index in [1.165, 1.54) is 0 Å². The van der Waals surface area contributed by atoms with E-state index < -0.39 is 0 Å². The van der Waals surface area contributed by atoms with Crippen LogP contribution in [0.1, 0.15) is 18.2 Å². The van der Waals surface area contributed by atoms with Gasteiger partial charge in [-0.1, -0.05) is 25.1 Å². The fourth-order valence-corrected chi connectivity index (χ4v) is 3.25. The number of rotatable bonds is 5. The Balaban J connectivity index is 1.74. The molecule has 0 saturated carbocycles. The number of aryl methyl sites for hydroxylation is 1. The smallest absolute Gasteiger partial charge is 0.159 e. The molecule has 4 aromatic rings. The van der Waals surface area contributed by atoms with Crippen LogP contribution in [0.15, 0.2) is 48.7 Å². The van der Waals surface area contributed by atoms with Crippen LogP contribution < -0.4 is 5.73 Å². The molecule has 0 bridgehead atoms. The third-order valence-corrected chi connectivity index (χ3v) is 4.59. The van der Waals surface area contributed by atoms with Gasteiger partial charge in [0.05, 0.1) is 11.2 Å². The molecule has 0 aliphatic carbocycles. The molecule has 136 valence electrons. The molecular weight excluding hydrogens is 338 g/mol. The number of fused-ring (bicyclic) bond motifs is 1. The maximum absolute atomic E-state index is 9.73. The van der Waals surface area contributed by atoms with Crippen LogP contribution in [0.3, 0.4) is 0 Å². The average Bonchev–Trinajstić information content (AvgIpc) is 3.32. The SMILES string of the molecule is CCc1cc(O)ccc1-c1ccc2c(-c3nc(/C=C/CN)c[nH]3)n[nH]c2c1. The van der Waals surface area contributed by atoms with Crippen LogP contribution in [0.25, 0.3) is 39.6 Å². The molecule has 6 heteroatoms. The lowest BCUT2D eigenvalue weighted by Crippen LogP contribution is -1.91. The maximum Gasteiger partial charge on any atom is 0.159 e. The Labute approximate surface area is 156 Å². The molecule has 0 aliphatic heterocycles. The number of nitrogens with zero attached hydrogens (tertiary/aromatic N) is 2. The molecule has 2 aromatic carbocycles. The number of aromatic amines is 2. The topological polar surface area (TPSA) is 104 Å². The number of imidazole rings is 1. The van der Waals surface area contributed by atoms with Gasteiger partial charge < -0.3 is 15.8 Å². The van der Waals surface area contributed by atoms with Crippen molar-refractivity contribution in [1.82, 2.24) is 20.2 Å². The zero-order valence-corrected chi connectivity index (χ0v) is 15.0. The number of aromatic nitrogens is 4. The van der Waals surface area contributed by atoms with Gasteiger partial charge >= 0.3 is 0 Å². The quantitative estimate of drug-likeness (QED) is 0.434. The second-order valence-electron chi connectivity index (χ2n) is 6.34. The summed E-state index contributed by atoms with van der Waals surface area (Å²) in [5.74, 6) is 1.00. The Morgan fingerprint density at radius 2 is 2.07 bits per heavy atom. The fourth-order valence-electron chi connectivity index (χ4n) is 3.25. The maximum atomic E-state index is 9.73. The molecule has 0 saturated heterocycles. The van der Waals surface area contributed by atoms with E-state index in [2.05, 4.69) is 39.2 Å². The summed E-state index contributed by atoms with van der Waals surface area (Å²) in [5.41, 5.74) is 11.3. The van der Waals surface area contributed by atoms with Crippen LogP contribution in [0.4, 0.5) is 0 Å². The highest BCUT2D eigenvalue weighted by Crippen LogP contribution is 2.32. The predicted octanol–water partition coefficient (Wildman–Crippen LogP) is 3.86. The number of phenolic OH excluding ortho intramolecular Hbond substituents is 1. The summed E-state index contributed by atoms with van der Waals surface area (Å²) in [6.45, 7) is 2.56. The van der Waals surface area contributed by atoms with Crippen molar-refractivity contribution in [1.29, 1.82) is 0 Å². The number of H-pyrrole nitrogens is 2. The van der Waals surface area contributed by atoms with E-state index in [-0.39, 0.29) is 5.75 Å². The normalized spacial score (nSPS) is 11.6. The molecule has 4 rings (SSSR count). The molecule has 2 heterocycles. The Morgan fingerprint density at radius 3 is 2.89 bits per heavy atom. The lowest BCUT2D eigenvalue weighted by Gasteiger charge is -2.09. The summed E-state index contributed by atoms with van der Waals surface area (Å²) in [5, 5.41) is 18.3. The molecule has 0 amide bonds. The third kappa shape index (κ3) is 3.22. The van der Waals surface area contributed by atoms with Gasteiger partial charge in [0.15, 0.2) is 5.82 Å². The van der Waals surface area contributed by atoms with Gasteiger partial charge in [0.2, 0.25) is 0 Å². The van der Waals surface area contributed by atoms with Crippen molar-refractivity contribution in [2.75, 3.05) is 6.54 Å². The zero-order chi connectivity index (χ0) is 18.8. The van der Waals surface area contributed by atoms with Gasteiger partial charge in [-0.05, 0) is 53.5 Å². The van der Waals surface area contributed by atoms with E-state index in [1.54, 1.807) is 6.07 Å². The second kappa shape index (κ2) is 7.09. The number of benzene rings is 2. The summed E-state index contributed by atoms with van der Waals surface area (Å²) in [6, 6.07) is 11.7. The fraction of sp³-hybridized carbons (Fsp3) is 0.143. The Morgan fingerprint density at radius 1 is 1.19 bits per heavy atom. The van der Waals surface area contributed by atoms with Crippen LogP contribution in [0, 0.1) is 0 Å². The van der Waals surface area contributed by atoms with Crippen molar-refractivity contribution in [3.63, 3.8) is 0 Å². The van der Waals surface area contributed by atoms with Crippen LogP contribution >= 0.6 is 0 Å². The molecule has 27 heavy (non-hydrogen) atoms. The van der Waals surface area contributed by atoms with Crippen molar-refractivity contribution >= 4 is 17.0 Å². The summed E-state index contributed by atoms with van der Waals surface area (Å²) >= 11 is 0. The molecule has 2 aromatic heterocycles. The van der Waals surface area contributed by atoms with Crippen molar-refractivity contribution < 1.29 is 5.11 Å². The van der Waals surface area contributed by atoms with Gasteiger partial charge in [0.1, 0.15) is 11.4 Å². The van der Waals surface area contributed by atoms with Crippen LogP contribution in [0.5, 0.6) is 5.75 Å². The minimum absolute atomic E-state index is 0.290. The number of hydrogen-bond donors (Lipinski definition) is 4. The molecule has 0 radical (unpaired) electrons.